The van der Waals surface area contributed by atoms with Crippen LogP contribution in [0.25, 0.3) is 0 Å². The molecule has 0 aliphatic heterocycles. The Morgan fingerprint density at radius 3 is 2.54 bits per heavy atom. The molecule has 144 valence electrons. The van der Waals surface area contributed by atoms with Crippen molar-refractivity contribution in [3.8, 4) is 0 Å². The normalized spacial score (nSPS) is 11.6. The maximum absolute atomic E-state index is 12.4. The lowest BCUT2D eigenvalue weighted by Crippen LogP contribution is -2.24. The fraction of sp³-hybridized carbons (Fsp3) is 0.200. The molecule has 3 rings (SSSR count). The summed E-state index contributed by atoms with van der Waals surface area (Å²) in [6.07, 6.45) is 6.85. The molecule has 0 fully saturated rings. The van der Waals surface area contributed by atoms with Crippen molar-refractivity contribution in [3.63, 3.8) is 0 Å². The van der Waals surface area contributed by atoms with Gasteiger partial charge >= 0.3 is 0 Å². The third-order valence-corrected chi connectivity index (χ3v) is 4.97. The van der Waals surface area contributed by atoms with Crippen LogP contribution in [0.1, 0.15) is 18.5 Å². The Morgan fingerprint density at radius 2 is 1.82 bits per heavy atom. The highest BCUT2D eigenvalue weighted by Gasteiger charge is 2.15. The number of benzene rings is 1. The minimum absolute atomic E-state index is 0.0903. The summed E-state index contributed by atoms with van der Waals surface area (Å²) >= 11 is 1.53. The van der Waals surface area contributed by atoms with Crippen LogP contribution in [0, 0.1) is 0 Å². The summed E-state index contributed by atoms with van der Waals surface area (Å²) in [7, 11) is 0. The molecule has 1 aromatic carbocycles. The van der Waals surface area contributed by atoms with Gasteiger partial charge in [0.15, 0.2) is 0 Å². The summed E-state index contributed by atoms with van der Waals surface area (Å²) in [6, 6.07) is 12.3. The van der Waals surface area contributed by atoms with Gasteiger partial charge in [-0.05, 0) is 48.9 Å². The molecular formula is C20H21N5O2S. The van der Waals surface area contributed by atoms with Gasteiger partial charge in [0, 0.05) is 41.9 Å². The molecule has 0 saturated carbocycles. The Morgan fingerprint density at radius 1 is 1.07 bits per heavy atom. The Balaban J connectivity index is 1.50. The highest BCUT2D eigenvalue weighted by Crippen LogP contribution is 2.18. The molecule has 1 unspecified atom stereocenters. The van der Waals surface area contributed by atoms with Gasteiger partial charge in [0.25, 0.3) is 0 Å². The number of hydrogen-bond acceptors (Lipinski definition) is 5. The lowest BCUT2D eigenvalue weighted by atomic mass is 10.2. The molecule has 2 N–H and O–H groups in total. The average Bonchev–Trinajstić information content (AvgIpc) is 3.23. The standard InChI is InChI=1S/C20H21N5O2S/c1-15(25-11-3-8-22-25)20(27)24-18-5-2-4-17(12-18)23-19(26)14-28-13-16-6-9-21-10-7-16/h2-12,15H,13-14H2,1H3,(H,23,26)(H,24,27). The first-order chi connectivity index (χ1) is 13.6. The van der Waals surface area contributed by atoms with E-state index in [9.17, 15) is 9.59 Å². The quantitative estimate of drug-likeness (QED) is 0.611. The zero-order chi connectivity index (χ0) is 19.8. The number of aromatic nitrogens is 3. The van der Waals surface area contributed by atoms with Gasteiger partial charge in [-0.2, -0.15) is 5.10 Å². The predicted octanol–water partition coefficient (Wildman–Crippen LogP) is 3.35. The number of hydrogen-bond donors (Lipinski definition) is 2. The SMILES string of the molecule is CC(C(=O)Nc1cccc(NC(=O)CSCc2ccncc2)c1)n1cccn1. The number of carbonyl (C=O) groups excluding carboxylic acids is 2. The van der Waals surface area contributed by atoms with Crippen molar-refractivity contribution >= 4 is 35.0 Å². The van der Waals surface area contributed by atoms with Gasteiger partial charge in [0.05, 0.1) is 5.75 Å². The Kier molecular flexibility index (Phi) is 6.80. The largest absolute Gasteiger partial charge is 0.325 e. The van der Waals surface area contributed by atoms with Crippen LogP contribution in [-0.4, -0.2) is 32.3 Å². The van der Waals surface area contributed by atoms with Crippen molar-refractivity contribution in [2.45, 2.75) is 18.7 Å². The predicted molar refractivity (Wildman–Crippen MR) is 111 cm³/mol. The monoisotopic (exact) mass is 395 g/mol. The number of nitrogens with one attached hydrogen (secondary N) is 2. The molecule has 2 aromatic heterocycles. The molecule has 0 saturated heterocycles. The molecule has 7 nitrogen and oxygen atoms in total. The number of nitrogens with zero attached hydrogens (tertiary/aromatic N) is 3. The van der Waals surface area contributed by atoms with Crippen molar-refractivity contribution in [2.75, 3.05) is 16.4 Å². The third kappa shape index (κ3) is 5.68. The van der Waals surface area contributed by atoms with Crippen LogP contribution < -0.4 is 10.6 Å². The fourth-order valence-electron chi connectivity index (χ4n) is 2.49. The smallest absolute Gasteiger partial charge is 0.248 e. The summed E-state index contributed by atoms with van der Waals surface area (Å²) in [5.41, 5.74) is 2.38. The molecule has 0 bridgehead atoms. The Bertz CT molecular complexity index is 915. The molecule has 3 aromatic rings. The molecule has 2 amide bonds. The summed E-state index contributed by atoms with van der Waals surface area (Å²) in [6.45, 7) is 1.77. The van der Waals surface area contributed by atoms with Crippen molar-refractivity contribution in [1.82, 2.24) is 14.8 Å². The number of carbonyl (C=O) groups is 2. The highest BCUT2D eigenvalue weighted by atomic mass is 32.2. The van der Waals surface area contributed by atoms with E-state index in [4.69, 9.17) is 0 Å². The summed E-state index contributed by atoms with van der Waals surface area (Å²) in [5, 5.41) is 9.78. The second-order valence-corrected chi connectivity index (χ2v) is 7.11. The third-order valence-electron chi connectivity index (χ3n) is 3.97. The number of amides is 2. The highest BCUT2D eigenvalue weighted by molar-refractivity contribution is 7.99. The fourth-order valence-corrected chi connectivity index (χ4v) is 3.28. The van der Waals surface area contributed by atoms with Gasteiger partial charge in [-0.15, -0.1) is 11.8 Å². The molecule has 1 atom stereocenters. The lowest BCUT2D eigenvalue weighted by molar-refractivity contribution is -0.119. The average molecular weight is 395 g/mol. The molecular weight excluding hydrogens is 374 g/mol. The lowest BCUT2D eigenvalue weighted by Gasteiger charge is -2.13. The van der Waals surface area contributed by atoms with Gasteiger partial charge in [-0.1, -0.05) is 6.07 Å². The van der Waals surface area contributed by atoms with Crippen LogP contribution >= 0.6 is 11.8 Å². The Hall–Kier alpha value is -3.13. The van der Waals surface area contributed by atoms with Crippen LogP contribution in [0.5, 0.6) is 0 Å². The van der Waals surface area contributed by atoms with E-state index in [1.54, 1.807) is 66.7 Å². The molecule has 0 spiro atoms. The zero-order valence-electron chi connectivity index (χ0n) is 15.4. The first-order valence-corrected chi connectivity index (χ1v) is 9.94. The van der Waals surface area contributed by atoms with E-state index in [1.165, 1.54) is 11.8 Å². The molecule has 0 radical (unpaired) electrons. The van der Waals surface area contributed by atoms with Crippen LogP contribution in [0.3, 0.4) is 0 Å². The number of anilines is 2. The molecule has 0 aliphatic rings. The molecule has 28 heavy (non-hydrogen) atoms. The molecule has 0 aliphatic carbocycles. The van der Waals surface area contributed by atoms with E-state index in [0.29, 0.717) is 17.1 Å². The number of thioether (sulfide) groups is 1. The van der Waals surface area contributed by atoms with E-state index in [0.717, 1.165) is 11.3 Å². The summed E-state index contributed by atoms with van der Waals surface area (Å²) < 4.78 is 1.58. The van der Waals surface area contributed by atoms with E-state index < -0.39 is 6.04 Å². The Labute approximate surface area is 167 Å². The van der Waals surface area contributed by atoms with E-state index in [-0.39, 0.29) is 11.8 Å². The van der Waals surface area contributed by atoms with Gasteiger partial charge in [0.1, 0.15) is 6.04 Å². The summed E-state index contributed by atoms with van der Waals surface area (Å²) in [4.78, 5) is 28.5. The topological polar surface area (TPSA) is 88.9 Å². The molecule has 2 heterocycles. The van der Waals surface area contributed by atoms with E-state index in [2.05, 4.69) is 20.7 Å². The maximum atomic E-state index is 12.4. The van der Waals surface area contributed by atoms with Gasteiger partial charge in [0.2, 0.25) is 11.8 Å². The zero-order valence-corrected chi connectivity index (χ0v) is 16.2. The first kappa shape index (κ1) is 19.6. The van der Waals surface area contributed by atoms with Gasteiger partial charge in [-0.25, -0.2) is 0 Å². The maximum Gasteiger partial charge on any atom is 0.248 e. The summed E-state index contributed by atoms with van der Waals surface area (Å²) in [5.74, 6) is 0.819. The molecule has 8 heteroatoms. The van der Waals surface area contributed by atoms with Crippen molar-refractivity contribution < 1.29 is 9.59 Å². The van der Waals surface area contributed by atoms with Gasteiger partial charge < -0.3 is 10.6 Å². The van der Waals surface area contributed by atoms with Crippen molar-refractivity contribution in [3.05, 3.63) is 72.8 Å². The second kappa shape index (κ2) is 9.70. The van der Waals surface area contributed by atoms with Crippen LogP contribution in [0.2, 0.25) is 0 Å². The number of rotatable bonds is 8. The van der Waals surface area contributed by atoms with E-state index >= 15 is 0 Å². The van der Waals surface area contributed by atoms with E-state index in [1.807, 2.05) is 12.1 Å². The van der Waals surface area contributed by atoms with Crippen LogP contribution in [-0.2, 0) is 15.3 Å². The van der Waals surface area contributed by atoms with Crippen molar-refractivity contribution in [2.24, 2.45) is 0 Å². The second-order valence-electron chi connectivity index (χ2n) is 6.13. The van der Waals surface area contributed by atoms with Gasteiger partial charge in [-0.3, -0.25) is 19.3 Å². The number of pyridine rings is 1. The van der Waals surface area contributed by atoms with Crippen molar-refractivity contribution in [1.29, 1.82) is 0 Å². The minimum Gasteiger partial charge on any atom is -0.325 e. The minimum atomic E-state index is -0.433. The van der Waals surface area contributed by atoms with Crippen LogP contribution in [0.15, 0.2) is 67.3 Å². The van der Waals surface area contributed by atoms with Crippen LogP contribution in [0.4, 0.5) is 11.4 Å². The first-order valence-electron chi connectivity index (χ1n) is 8.78.